The molecule has 0 saturated carbocycles. The van der Waals surface area contributed by atoms with E-state index in [-0.39, 0.29) is 11.3 Å². The number of hydrogen-bond acceptors (Lipinski definition) is 5. The Morgan fingerprint density at radius 1 is 1.20 bits per heavy atom. The number of hydrogen-bond donors (Lipinski definition) is 4. The Morgan fingerprint density at radius 2 is 1.80 bits per heavy atom. The summed E-state index contributed by atoms with van der Waals surface area (Å²) in [6, 6.07) is 5.44. The fourth-order valence-corrected chi connectivity index (χ4v) is 1.05. The third-order valence-corrected chi connectivity index (χ3v) is 1.69. The third-order valence-electron chi connectivity index (χ3n) is 1.69. The molecule has 6 nitrogen and oxygen atoms in total. The number of benzene rings is 1. The van der Waals surface area contributed by atoms with Crippen LogP contribution in [-0.4, -0.2) is 26.5 Å². The summed E-state index contributed by atoms with van der Waals surface area (Å²) < 4.78 is 0. The summed E-state index contributed by atoms with van der Waals surface area (Å²) in [5.74, 6) is -3.08. The van der Waals surface area contributed by atoms with Gasteiger partial charge in [-0.25, -0.2) is 4.79 Å². The van der Waals surface area contributed by atoms with Crippen LogP contribution in [-0.2, 0) is 9.68 Å². The fraction of sp³-hybridized carbons (Fsp3) is 0. The molecule has 15 heavy (non-hydrogen) atoms. The molecule has 0 aliphatic carbocycles. The van der Waals surface area contributed by atoms with Gasteiger partial charge in [0.15, 0.2) is 5.57 Å². The first kappa shape index (κ1) is 10.9. The Morgan fingerprint density at radius 3 is 2.27 bits per heavy atom. The number of rotatable bonds is 3. The van der Waals surface area contributed by atoms with Crippen LogP contribution in [0.2, 0.25) is 0 Å². The minimum atomic E-state index is -1.54. The van der Waals surface area contributed by atoms with Crippen molar-refractivity contribution >= 4 is 11.5 Å². The molecule has 0 heterocycles. The quantitative estimate of drug-likeness (QED) is 0.259. The summed E-state index contributed by atoms with van der Waals surface area (Å²) in [4.78, 5) is 14.2. The van der Waals surface area contributed by atoms with Gasteiger partial charge in [-0.2, -0.15) is 5.26 Å². The molecule has 0 aliphatic heterocycles. The van der Waals surface area contributed by atoms with E-state index in [4.69, 9.17) is 15.5 Å². The molecule has 80 valence electrons. The van der Waals surface area contributed by atoms with E-state index in [1.807, 2.05) is 0 Å². The van der Waals surface area contributed by atoms with Gasteiger partial charge in [0.25, 0.3) is 0 Å². The van der Waals surface area contributed by atoms with Crippen molar-refractivity contribution in [3.05, 3.63) is 35.8 Å². The van der Waals surface area contributed by atoms with Crippen molar-refractivity contribution in [2.24, 2.45) is 0 Å². The van der Waals surface area contributed by atoms with Crippen LogP contribution in [0.1, 0.15) is 5.56 Å². The van der Waals surface area contributed by atoms with Crippen molar-refractivity contribution in [2.75, 3.05) is 0 Å². The average Bonchev–Trinajstić information content (AvgIpc) is 2.20. The molecule has 0 unspecified atom stereocenters. The van der Waals surface area contributed by atoms with E-state index >= 15 is 0 Å². The van der Waals surface area contributed by atoms with Gasteiger partial charge in [-0.3, -0.25) is 4.89 Å². The molecule has 0 saturated heterocycles. The Bertz CT molecular complexity index is 409. The molecule has 0 radical (unpaired) electrons. The second kappa shape index (κ2) is 4.34. The van der Waals surface area contributed by atoms with Crippen molar-refractivity contribution in [1.29, 1.82) is 0 Å². The molecule has 0 aliphatic rings. The number of carboxylic acid groups (broad SMARTS) is 1. The molecule has 0 bridgehead atoms. The van der Waals surface area contributed by atoms with Crippen LogP contribution in [0.25, 0.3) is 5.57 Å². The standard InChI is InChI=1S/C9H8O6/c10-6-4-2-1-3-5(6)7(8(11)12)9(13)15-14/h1-4,10,13-14H,(H,11,12). The molecule has 1 aromatic carbocycles. The number of phenolic OH excluding ortho intramolecular Hbond substituents is 1. The number of aliphatic hydroxyl groups excluding tert-OH is 1. The van der Waals surface area contributed by atoms with Gasteiger partial charge in [0, 0.05) is 5.56 Å². The van der Waals surface area contributed by atoms with Gasteiger partial charge >= 0.3 is 11.9 Å². The molecule has 6 heteroatoms. The predicted molar refractivity (Wildman–Crippen MR) is 49.0 cm³/mol. The summed E-state index contributed by atoms with van der Waals surface area (Å²) >= 11 is 0. The number of aliphatic hydroxyl groups is 1. The van der Waals surface area contributed by atoms with Crippen LogP contribution in [0, 0.1) is 0 Å². The zero-order chi connectivity index (χ0) is 11.4. The number of para-hydroxylation sites is 1. The SMILES string of the molecule is O=C(O)C(=C(O)OO)c1ccccc1O. The monoisotopic (exact) mass is 212 g/mol. The van der Waals surface area contributed by atoms with Gasteiger partial charge in [0.05, 0.1) is 0 Å². The maximum Gasteiger partial charge on any atom is 0.343 e. The van der Waals surface area contributed by atoms with Gasteiger partial charge in [-0.05, 0) is 6.07 Å². The van der Waals surface area contributed by atoms with Crippen molar-refractivity contribution in [2.45, 2.75) is 0 Å². The molecule has 4 N–H and O–H groups in total. The maximum atomic E-state index is 10.7. The first-order chi connectivity index (χ1) is 7.07. The first-order valence-corrected chi connectivity index (χ1v) is 3.84. The minimum absolute atomic E-state index is 0.156. The summed E-state index contributed by atoms with van der Waals surface area (Å²) in [5, 5.41) is 35.2. The van der Waals surface area contributed by atoms with E-state index in [9.17, 15) is 9.90 Å². The highest BCUT2D eigenvalue weighted by atomic mass is 17.1. The lowest BCUT2D eigenvalue weighted by Crippen LogP contribution is -2.05. The molecule has 0 fully saturated rings. The first-order valence-electron chi connectivity index (χ1n) is 3.84. The van der Waals surface area contributed by atoms with Crippen molar-refractivity contribution < 1.29 is 30.3 Å². The fourth-order valence-electron chi connectivity index (χ4n) is 1.05. The van der Waals surface area contributed by atoms with Crippen LogP contribution >= 0.6 is 0 Å². The van der Waals surface area contributed by atoms with Crippen molar-refractivity contribution in [3.63, 3.8) is 0 Å². The van der Waals surface area contributed by atoms with Gasteiger partial charge < -0.3 is 15.3 Å². The Balaban J connectivity index is 3.36. The van der Waals surface area contributed by atoms with E-state index in [1.54, 1.807) is 0 Å². The Kier molecular flexibility index (Phi) is 3.14. The molecule has 0 aromatic heterocycles. The average molecular weight is 212 g/mol. The largest absolute Gasteiger partial charge is 0.507 e. The van der Waals surface area contributed by atoms with E-state index in [1.165, 1.54) is 24.3 Å². The molecular weight excluding hydrogens is 204 g/mol. The number of carboxylic acids is 1. The second-order valence-corrected chi connectivity index (χ2v) is 2.59. The van der Waals surface area contributed by atoms with E-state index < -0.39 is 17.5 Å². The highest BCUT2D eigenvalue weighted by molar-refractivity contribution is 6.16. The topological polar surface area (TPSA) is 107 Å². The lowest BCUT2D eigenvalue weighted by molar-refractivity contribution is -0.234. The summed E-state index contributed by atoms with van der Waals surface area (Å²) in [7, 11) is 0. The van der Waals surface area contributed by atoms with Crippen LogP contribution < -0.4 is 0 Å². The Labute approximate surface area is 84.2 Å². The van der Waals surface area contributed by atoms with E-state index in [2.05, 4.69) is 4.89 Å². The van der Waals surface area contributed by atoms with Crippen molar-refractivity contribution in [1.82, 2.24) is 0 Å². The third kappa shape index (κ3) is 2.18. The Hall–Kier alpha value is -2.21. The summed E-state index contributed by atoms with van der Waals surface area (Å²) in [6.45, 7) is 0. The number of aliphatic carboxylic acids is 1. The minimum Gasteiger partial charge on any atom is -0.507 e. The smallest absolute Gasteiger partial charge is 0.343 e. The van der Waals surface area contributed by atoms with Crippen LogP contribution in [0.4, 0.5) is 0 Å². The van der Waals surface area contributed by atoms with Gasteiger partial charge in [-0.1, -0.05) is 18.2 Å². The molecule has 1 rings (SSSR count). The number of carbonyl (C=O) groups is 1. The van der Waals surface area contributed by atoms with Crippen LogP contribution in [0.5, 0.6) is 5.75 Å². The van der Waals surface area contributed by atoms with Gasteiger partial charge in [0.2, 0.25) is 0 Å². The lowest BCUT2D eigenvalue weighted by atomic mass is 10.1. The van der Waals surface area contributed by atoms with E-state index in [0.29, 0.717) is 0 Å². The highest BCUT2D eigenvalue weighted by Gasteiger charge is 2.21. The highest BCUT2D eigenvalue weighted by Crippen LogP contribution is 2.26. The van der Waals surface area contributed by atoms with E-state index in [0.717, 1.165) is 0 Å². The normalized spacial score (nSPS) is 11.8. The molecule has 1 aromatic rings. The van der Waals surface area contributed by atoms with Gasteiger partial charge in [-0.15, -0.1) is 0 Å². The molecular formula is C9H8O6. The zero-order valence-corrected chi connectivity index (χ0v) is 7.41. The summed E-state index contributed by atoms with van der Waals surface area (Å²) in [5.41, 5.74) is -0.882. The van der Waals surface area contributed by atoms with Crippen LogP contribution in [0.3, 0.4) is 0 Å². The molecule has 0 amide bonds. The molecule has 0 atom stereocenters. The summed E-state index contributed by atoms with van der Waals surface area (Å²) in [6.07, 6.45) is 0. The molecule has 0 spiro atoms. The van der Waals surface area contributed by atoms with Gasteiger partial charge in [0.1, 0.15) is 5.75 Å². The number of aromatic hydroxyl groups is 1. The maximum absolute atomic E-state index is 10.7. The second-order valence-electron chi connectivity index (χ2n) is 2.59. The number of phenols is 1. The van der Waals surface area contributed by atoms with Crippen molar-refractivity contribution in [3.8, 4) is 5.75 Å². The van der Waals surface area contributed by atoms with Crippen LogP contribution in [0.15, 0.2) is 30.2 Å². The predicted octanol–water partition coefficient (Wildman–Crippen LogP) is 1.19. The zero-order valence-electron chi connectivity index (χ0n) is 7.41. The lowest BCUT2D eigenvalue weighted by Gasteiger charge is -2.05.